The fraction of sp³-hybridized carbons (Fsp3) is 0.667. The monoisotopic (exact) mass is 437 g/mol. The van der Waals surface area contributed by atoms with Gasteiger partial charge < -0.3 is 24.1 Å². The SMILES string of the molecule is COCCCOc1cc(CC(CC(CO)=NC(=O)OC(C)(C)C)C(C)C)ccc1OC. The van der Waals surface area contributed by atoms with Crippen molar-refractivity contribution in [1.82, 2.24) is 0 Å². The second kappa shape index (κ2) is 13.3. The van der Waals surface area contributed by atoms with E-state index in [1.165, 1.54) is 0 Å². The summed E-state index contributed by atoms with van der Waals surface area (Å²) in [6.45, 7) is 10.5. The number of methoxy groups -OCH3 is 2. The van der Waals surface area contributed by atoms with Crippen LogP contribution in [0.15, 0.2) is 23.2 Å². The lowest BCUT2D eigenvalue weighted by atomic mass is 9.85. The zero-order valence-corrected chi connectivity index (χ0v) is 20.1. The molecule has 0 aromatic heterocycles. The molecule has 1 aromatic rings. The molecule has 1 amide bonds. The van der Waals surface area contributed by atoms with Crippen molar-refractivity contribution in [3.63, 3.8) is 0 Å². The van der Waals surface area contributed by atoms with Gasteiger partial charge in [-0.3, -0.25) is 0 Å². The Bertz CT molecular complexity index is 709. The average molecular weight is 438 g/mol. The van der Waals surface area contributed by atoms with E-state index in [9.17, 15) is 9.90 Å². The lowest BCUT2D eigenvalue weighted by Crippen LogP contribution is -2.24. The van der Waals surface area contributed by atoms with E-state index in [-0.39, 0.29) is 12.5 Å². The number of aliphatic hydroxyl groups is 1. The first kappa shape index (κ1) is 26.9. The van der Waals surface area contributed by atoms with Crippen LogP contribution in [0.3, 0.4) is 0 Å². The predicted molar refractivity (Wildman–Crippen MR) is 122 cm³/mol. The minimum atomic E-state index is -0.671. The number of aliphatic imine (C=N–C) groups is 1. The first-order chi connectivity index (χ1) is 14.6. The molecule has 176 valence electrons. The summed E-state index contributed by atoms with van der Waals surface area (Å²) in [5.41, 5.74) is 0.898. The zero-order chi connectivity index (χ0) is 23.4. The maximum Gasteiger partial charge on any atom is 0.434 e. The number of nitrogens with zero attached hydrogens (tertiary/aromatic N) is 1. The maximum atomic E-state index is 12.0. The average Bonchev–Trinajstić information content (AvgIpc) is 2.68. The van der Waals surface area contributed by atoms with Gasteiger partial charge >= 0.3 is 6.09 Å². The third-order valence-corrected chi connectivity index (χ3v) is 4.74. The third-order valence-electron chi connectivity index (χ3n) is 4.74. The van der Waals surface area contributed by atoms with E-state index >= 15 is 0 Å². The normalized spacial score (nSPS) is 13.3. The summed E-state index contributed by atoms with van der Waals surface area (Å²) < 4.78 is 21.6. The highest BCUT2D eigenvalue weighted by Gasteiger charge is 2.21. The number of rotatable bonds is 12. The molecule has 0 aliphatic heterocycles. The van der Waals surface area contributed by atoms with Gasteiger partial charge in [0.25, 0.3) is 0 Å². The highest BCUT2D eigenvalue weighted by atomic mass is 16.6. The van der Waals surface area contributed by atoms with Gasteiger partial charge in [0.15, 0.2) is 11.5 Å². The third kappa shape index (κ3) is 10.6. The molecule has 1 atom stereocenters. The van der Waals surface area contributed by atoms with Crippen LogP contribution in [0.4, 0.5) is 4.79 Å². The number of carbonyl (C=O) groups excluding carboxylic acids is 1. The van der Waals surface area contributed by atoms with Crippen LogP contribution in [-0.2, 0) is 15.9 Å². The Balaban J connectivity index is 2.93. The van der Waals surface area contributed by atoms with Gasteiger partial charge in [-0.2, -0.15) is 4.99 Å². The smallest absolute Gasteiger partial charge is 0.434 e. The molecule has 0 spiro atoms. The van der Waals surface area contributed by atoms with Gasteiger partial charge in [0.05, 0.1) is 26.0 Å². The second-order valence-corrected chi connectivity index (χ2v) is 8.91. The first-order valence-corrected chi connectivity index (χ1v) is 10.8. The van der Waals surface area contributed by atoms with E-state index in [2.05, 4.69) is 18.8 Å². The van der Waals surface area contributed by atoms with Crippen LogP contribution in [0, 0.1) is 11.8 Å². The van der Waals surface area contributed by atoms with Crippen LogP contribution in [0.25, 0.3) is 0 Å². The van der Waals surface area contributed by atoms with Crippen molar-refractivity contribution in [2.24, 2.45) is 16.8 Å². The molecule has 0 aliphatic rings. The second-order valence-electron chi connectivity index (χ2n) is 8.91. The highest BCUT2D eigenvalue weighted by Crippen LogP contribution is 2.31. The van der Waals surface area contributed by atoms with Gasteiger partial charge in [-0.1, -0.05) is 19.9 Å². The fourth-order valence-corrected chi connectivity index (χ4v) is 3.05. The summed E-state index contributed by atoms with van der Waals surface area (Å²) >= 11 is 0. The summed E-state index contributed by atoms with van der Waals surface area (Å²) in [5, 5.41) is 9.74. The van der Waals surface area contributed by atoms with Crippen molar-refractivity contribution in [2.45, 2.75) is 59.5 Å². The standard InChI is InChI=1S/C24H39NO6/c1-17(2)19(15-20(16-26)25-23(27)31-24(3,4)5)13-18-9-10-21(29-7)22(14-18)30-12-8-11-28-6/h9-10,14,17,19,26H,8,11-13,15-16H2,1-7H3. The van der Waals surface area contributed by atoms with Crippen molar-refractivity contribution in [1.29, 1.82) is 0 Å². The lowest BCUT2D eigenvalue weighted by molar-refractivity contribution is 0.0602. The maximum absolute atomic E-state index is 12.0. The van der Waals surface area contributed by atoms with Crippen LogP contribution >= 0.6 is 0 Å². The number of aliphatic hydroxyl groups excluding tert-OH is 1. The Hall–Kier alpha value is -2.12. The molecule has 31 heavy (non-hydrogen) atoms. The van der Waals surface area contributed by atoms with Crippen molar-refractivity contribution < 1.29 is 28.8 Å². The van der Waals surface area contributed by atoms with E-state index in [1.807, 2.05) is 18.2 Å². The molecule has 0 aliphatic carbocycles. The molecular formula is C24H39NO6. The largest absolute Gasteiger partial charge is 0.493 e. The summed E-state index contributed by atoms with van der Waals surface area (Å²) in [7, 11) is 3.29. The van der Waals surface area contributed by atoms with Crippen LogP contribution in [0.2, 0.25) is 0 Å². The van der Waals surface area contributed by atoms with Gasteiger partial charge in [-0.05, 0) is 63.1 Å². The van der Waals surface area contributed by atoms with Gasteiger partial charge in [0.2, 0.25) is 0 Å². The summed E-state index contributed by atoms with van der Waals surface area (Å²) in [6.07, 6.45) is 1.38. The van der Waals surface area contributed by atoms with Crippen molar-refractivity contribution in [2.75, 3.05) is 34.0 Å². The summed E-state index contributed by atoms with van der Waals surface area (Å²) in [6, 6.07) is 5.91. The quantitative estimate of drug-likeness (QED) is 0.377. The molecule has 7 heteroatoms. The van der Waals surface area contributed by atoms with Gasteiger partial charge in [-0.15, -0.1) is 0 Å². The number of amides is 1. The fourth-order valence-electron chi connectivity index (χ4n) is 3.05. The van der Waals surface area contributed by atoms with Gasteiger partial charge in [-0.25, -0.2) is 4.79 Å². The van der Waals surface area contributed by atoms with Crippen LogP contribution in [0.5, 0.6) is 11.5 Å². The summed E-state index contributed by atoms with van der Waals surface area (Å²) in [5.74, 6) is 1.89. The Labute approximate surface area is 186 Å². The number of hydrogen-bond acceptors (Lipinski definition) is 6. The number of carbonyl (C=O) groups is 1. The first-order valence-electron chi connectivity index (χ1n) is 10.8. The van der Waals surface area contributed by atoms with E-state index in [0.29, 0.717) is 42.8 Å². The predicted octanol–water partition coefficient (Wildman–Crippen LogP) is 4.68. The minimum absolute atomic E-state index is 0.183. The Morgan fingerprint density at radius 2 is 1.84 bits per heavy atom. The van der Waals surface area contributed by atoms with Crippen LogP contribution in [-0.4, -0.2) is 56.6 Å². The topological polar surface area (TPSA) is 86.6 Å². The Kier molecular flexibility index (Phi) is 11.6. The molecule has 1 unspecified atom stereocenters. The molecule has 1 aromatic carbocycles. The number of ether oxygens (including phenoxy) is 4. The molecule has 0 radical (unpaired) electrons. The Morgan fingerprint density at radius 1 is 1.13 bits per heavy atom. The molecule has 0 heterocycles. The van der Waals surface area contributed by atoms with Crippen molar-refractivity contribution in [3.8, 4) is 11.5 Å². The van der Waals surface area contributed by atoms with Gasteiger partial charge in [0, 0.05) is 20.1 Å². The zero-order valence-electron chi connectivity index (χ0n) is 20.1. The van der Waals surface area contributed by atoms with E-state index < -0.39 is 11.7 Å². The van der Waals surface area contributed by atoms with Crippen molar-refractivity contribution in [3.05, 3.63) is 23.8 Å². The van der Waals surface area contributed by atoms with E-state index in [4.69, 9.17) is 18.9 Å². The highest BCUT2D eigenvalue weighted by molar-refractivity contribution is 5.94. The number of benzene rings is 1. The Morgan fingerprint density at radius 3 is 2.39 bits per heavy atom. The molecule has 7 nitrogen and oxygen atoms in total. The van der Waals surface area contributed by atoms with E-state index in [1.54, 1.807) is 35.0 Å². The van der Waals surface area contributed by atoms with Crippen LogP contribution in [0.1, 0.15) is 53.0 Å². The molecule has 1 N–H and O–H groups in total. The van der Waals surface area contributed by atoms with Gasteiger partial charge in [0.1, 0.15) is 5.60 Å². The van der Waals surface area contributed by atoms with Crippen molar-refractivity contribution >= 4 is 11.8 Å². The van der Waals surface area contributed by atoms with Crippen LogP contribution < -0.4 is 9.47 Å². The molecule has 0 saturated heterocycles. The molecule has 1 rings (SSSR count). The summed E-state index contributed by atoms with van der Waals surface area (Å²) in [4.78, 5) is 16.0. The number of hydrogen-bond donors (Lipinski definition) is 1. The molecule has 0 fully saturated rings. The lowest BCUT2D eigenvalue weighted by Gasteiger charge is -2.22. The molecule has 0 saturated carbocycles. The minimum Gasteiger partial charge on any atom is -0.493 e. The molecular weight excluding hydrogens is 398 g/mol. The van der Waals surface area contributed by atoms with E-state index in [0.717, 1.165) is 18.4 Å². The molecule has 0 bridgehead atoms.